The predicted octanol–water partition coefficient (Wildman–Crippen LogP) is 3.47. The Labute approximate surface area is 148 Å². The minimum atomic E-state index is 0.706. The third kappa shape index (κ3) is 4.47. The van der Waals surface area contributed by atoms with Gasteiger partial charge in [-0.3, -0.25) is 4.99 Å². The summed E-state index contributed by atoms with van der Waals surface area (Å²) < 4.78 is 0. The first-order chi connectivity index (χ1) is 11.8. The van der Waals surface area contributed by atoms with Crippen LogP contribution in [-0.2, 0) is 6.42 Å². The summed E-state index contributed by atoms with van der Waals surface area (Å²) in [6.07, 6.45) is 5.77. The number of nitrogens with one attached hydrogen (secondary N) is 3. The van der Waals surface area contributed by atoms with Crippen LogP contribution in [0.15, 0.2) is 29.4 Å². The molecule has 0 aliphatic carbocycles. The van der Waals surface area contributed by atoms with Crippen LogP contribution in [0.5, 0.6) is 0 Å². The number of guanidine groups is 1. The predicted molar refractivity (Wildman–Crippen MR) is 106 cm³/mol. The molecule has 24 heavy (non-hydrogen) atoms. The lowest BCUT2D eigenvalue weighted by Crippen LogP contribution is -2.38. The molecule has 4 nitrogen and oxygen atoms in total. The van der Waals surface area contributed by atoms with Crippen molar-refractivity contribution in [2.24, 2.45) is 4.99 Å². The lowest BCUT2D eigenvalue weighted by atomic mass is 10.1. The van der Waals surface area contributed by atoms with Gasteiger partial charge in [-0.1, -0.05) is 12.1 Å². The molecule has 1 saturated heterocycles. The van der Waals surface area contributed by atoms with Gasteiger partial charge in [-0.25, -0.2) is 0 Å². The fourth-order valence-electron chi connectivity index (χ4n) is 3.15. The number of aliphatic imine (C=N–C) groups is 1. The van der Waals surface area contributed by atoms with E-state index in [0.29, 0.717) is 5.25 Å². The Hall–Kier alpha value is -1.62. The molecule has 0 bridgehead atoms. The summed E-state index contributed by atoms with van der Waals surface area (Å²) in [6, 6.07) is 6.60. The number of hydrogen-bond donors (Lipinski definition) is 3. The first-order valence-electron chi connectivity index (χ1n) is 8.96. The molecule has 0 amide bonds. The summed E-state index contributed by atoms with van der Waals surface area (Å²) in [6.45, 7) is 6.96. The van der Waals surface area contributed by atoms with Gasteiger partial charge in [0.2, 0.25) is 0 Å². The van der Waals surface area contributed by atoms with Crippen LogP contribution in [0.2, 0.25) is 0 Å². The Morgan fingerprint density at radius 1 is 1.38 bits per heavy atom. The van der Waals surface area contributed by atoms with Gasteiger partial charge in [-0.2, -0.15) is 11.8 Å². The SMILES string of the molecule is CCNC(=NCC1CCCS1)NCCc1c[nH]c2cc(C)ccc12. The summed E-state index contributed by atoms with van der Waals surface area (Å²) in [5.74, 6) is 2.24. The first-order valence-corrected chi connectivity index (χ1v) is 10.0. The van der Waals surface area contributed by atoms with E-state index in [2.05, 4.69) is 65.6 Å². The zero-order valence-corrected chi connectivity index (χ0v) is 15.5. The van der Waals surface area contributed by atoms with Crippen molar-refractivity contribution in [3.63, 3.8) is 0 Å². The molecule has 1 aliphatic heterocycles. The van der Waals surface area contributed by atoms with Gasteiger partial charge >= 0.3 is 0 Å². The highest BCUT2D eigenvalue weighted by Crippen LogP contribution is 2.26. The number of aromatic amines is 1. The maximum absolute atomic E-state index is 4.75. The quantitative estimate of drug-likeness (QED) is 0.555. The van der Waals surface area contributed by atoms with E-state index in [0.717, 1.165) is 32.0 Å². The Balaban J connectivity index is 1.54. The minimum absolute atomic E-state index is 0.706. The number of aromatic nitrogens is 1. The topological polar surface area (TPSA) is 52.2 Å². The molecular formula is C19H28N4S. The number of fused-ring (bicyclic) bond motifs is 1. The maximum atomic E-state index is 4.75. The molecule has 1 unspecified atom stereocenters. The number of nitrogens with zero attached hydrogens (tertiary/aromatic N) is 1. The minimum Gasteiger partial charge on any atom is -0.361 e. The summed E-state index contributed by atoms with van der Waals surface area (Å²) >= 11 is 2.06. The molecule has 130 valence electrons. The molecular weight excluding hydrogens is 316 g/mol. The number of thioether (sulfide) groups is 1. The molecule has 5 heteroatoms. The van der Waals surface area contributed by atoms with Gasteiger partial charge in [-0.15, -0.1) is 0 Å². The molecule has 2 heterocycles. The zero-order chi connectivity index (χ0) is 16.8. The number of aryl methyl sites for hydroxylation is 1. The molecule has 0 saturated carbocycles. The van der Waals surface area contributed by atoms with Crippen LogP contribution in [0.1, 0.15) is 30.9 Å². The van der Waals surface area contributed by atoms with E-state index in [1.54, 1.807) is 0 Å². The normalized spacial score (nSPS) is 18.2. The van der Waals surface area contributed by atoms with Gasteiger partial charge in [-0.05, 0) is 56.1 Å². The van der Waals surface area contributed by atoms with Gasteiger partial charge < -0.3 is 15.6 Å². The zero-order valence-electron chi connectivity index (χ0n) is 14.7. The summed E-state index contributed by atoms with van der Waals surface area (Å²) in [5, 5.41) is 8.86. The van der Waals surface area contributed by atoms with Crippen molar-refractivity contribution < 1.29 is 0 Å². The maximum Gasteiger partial charge on any atom is 0.191 e. The highest BCUT2D eigenvalue weighted by molar-refractivity contribution is 8.00. The fraction of sp³-hybridized carbons (Fsp3) is 0.526. The largest absolute Gasteiger partial charge is 0.361 e. The molecule has 1 atom stereocenters. The van der Waals surface area contributed by atoms with Gasteiger partial charge in [0, 0.05) is 35.4 Å². The third-order valence-electron chi connectivity index (χ3n) is 4.43. The van der Waals surface area contributed by atoms with Gasteiger partial charge in [0.05, 0.1) is 6.54 Å². The Morgan fingerprint density at radius 3 is 3.08 bits per heavy atom. The van der Waals surface area contributed by atoms with Crippen LogP contribution in [0.3, 0.4) is 0 Å². The number of benzene rings is 1. The van der Waals surface area contributed by atoms with Crippen LogP contribution >= 0.6 is 11.8 Å². The third-order valence-corrected chi connectivity index (χ3v) is 5.81. The average Bonchev–Trinajstić information content (AvgIpc) is 3.22. The Bertz CT molecular complexity index is 686. The van der Waals surface area contributed by atoms with Crippen molar-refractivity contribution in [1.82, 2.24) is 15.6 Å². The second-order valence-corrected chi connectivity index (χ2v) is 7.80. The second kappa shape index (κ2) is 8.47. The van der Waals surface area contributed by atoms with Crippen LogP contribution in [0.25, 0.3) is 10.9 Å². The molecule has 3 rings (SSSR count). The van der Waals surface area contributed by atoms with Crippen molar-refractivity contribution in [2.75, 3.05) is 25.4 Å². The van der Waals surface area contributed by atoms with Crippen molar-refractivity contribution >= 4 is 28.6 Å². The molecule has 0 spiro atoms. The standard InChI is InChI=1S/C19H28N4S/c1-3-20-19(23-13-16-5-4-10-24-16)21-9-8-15-12-22-18-11-14(2)6-7-17(15)18/h6-7,11-12,16,22H,3-5,8-10,13H2,1-2H3,(H2,20,21,23). The van der Waals surface area contributed by atoms with Gasteiger partial charge in [0.1, 0.15) is 0 Å². The van der Waals surface area contributed by atoms with E-state index in [9.17, 15) is 0 Å². The van der Waals surface area contributed by atoms with Gasteiger partial charge in [0.15, 0.2) is 5.96 Å². The molecule has 3 N–H and O–H groups in total. The molecule has 1 aromatic heterocycles. The molecule has 0 radical (unpaired) electrons. The van der Waals surface area contributed by atoms with Crippen LogP contribution in [-0.4, -0.2) is 41.6 Å². The Kier molecular flexibility index (Phi) is 6.07. The second-order valence-electron chi connectivity index (χ2n) is 6.39. The van der Waals surface area contributed by atoms with E-state index < -0.39 is 0 Å². The molecule has 1 aromatic carbocycles. The summed E-state index contributed by atoms with van der Waals surface area (Å²) in [7, 11) is 0. The lowest BCUT2D eigenvalue weighted by Gasteiger charge is -2.12. The van der Waals surface area contributed by atoms with E-state index >= 15 is 0 Å². The van der Waals surface area contributed by atoms with Crippen molar-refractivity contribution in [3.8, 4) is 0 Å². The van der Waals surface area contributed by atoms with E-state index in [-0.39, 0.29) is 0 Å². The van der Waals surface area contributed by atoms with Crippen molar-refractivity contribution in [3.05, 3.63) is 35.5 Å². The smallest absolute Gasteiger partial charge is 0.191 e. The van der Waals surface area contributed by atoms with Crippen LogP contribution in [0.4, 0.5) is 0 Å². The molecule has 1 fully saturated rings. The summed E-state index contributed by atoms with van der Waals surface area (Å²) in [5.41, 5.74) is 3.88. The van der Waals surface area contributed by atoms with Crippen molar-refractivity contribution in [1.29, 1.82) is 0 Å². The summed E-state index contributed by atoms with van der Waals surface area (Å²) in [4.78, 5) is 8.13. The van der Waals surface area contributed by atoms with Crippen molar-refractivity contribution in [2.45, 2.75) is 38.4 Å². The number of hydrogen-bond acceptors (Lipinski definition) is 2. The molecule has 1 aliphatic rings. The number of rotatable bonds is 6. The van der Waals surface area contributed by atoms with Gasteiger partial charge in [0.25, 0.3) is 0 Å². The average molecular weight is 345 g/mol. The van der Waals surface area contributed by atoms with E-state index in [1.165, 1.54) is 40.6 Å². The fourth-order valence-corrected chi connectivity index (χ4v) is 4.33. The van der Waals surface area contributed by atoms with Crippen LogP contribution in [0, 0.1) is 6.92 Å². The van der Waals surface area contributed by atoms with E-state index in [4.69, 9.17) is 4.99 Å². The first kappa shape index (κ1) is 17.2. The van der Waals surface area contributed by atoms with Crippen LogP contribution < -0.4 is 10.6 Å². The number of H-pyrrole nitrogens is 1. The highest BCUT2D eigenvalue weighted by atomic mass is 32.2. The highest BCUT2D eigenvalue weighted by Gasteiger charge is 2.15. The monoisotopic (exact) mass is 344 g/mol. The van der Waals surface area contributed by atoms with E-state index in [1.807, 2.05) is 0 Å². The Morgan fingerprint density at radius 2 is 2.29 bits per heavy atom. The molecule has 2 aromatic rings. The lowest BCUT2D eigenvalue weighted by molar-refractivity contribution is 0.761.